The van der Waals surface area contributed by atoms with Crippen LogP contribution in [0.5, 0.6) is 5.75 Å². The average Bonchev–Trinajstić information content (AvgIpc) is 2.47. The molecule has 1 atom stereocenters. The van der Waals surface area contributed by atoms with Gasteiger partial charge in [-0.25, -0.2) is 0 Å². The van der Waals surface area contributed by atoms with E-state index in [4.69, 9.17) is 9.05 Å². The van der Waals surface area contributed by atoms with Gasteiger partial charge in [0.25, 0.3) is 4.90 Å². The van der Waals surface area contributed by atoms with E-state index in [-0.39, 0.29) is 34.9 Å². The molecule has 0 aliphatic rings. The van der Waals surface area contributed by atoms with E-state index in [1.54, 1.807) is 44.4 Å². The number of H-pyrrole nitrogens is 1. The molecule has 1 heterocycles. The number of rotatable bonds is 7. The number of benzene rings is 1. The normalized spacial score (nSPS) is 13.3. The van der Waals surface area contributed by atoms with Crippen LogP contribution in [-0.2, 0) is 24.5 Å². The number of para-hydroxylation sites is 1. The molecule has 0 amide bonds. The lowest BCUT2D eigenvalue weighted by molar-refractivity contribution is 0.224. The molecule has 2 N–H and O–H groups in total. The average molecular weight is 358 g/mol. The maximum atomic E-state index is 12.7. The SMILES string of the molecule is CCOP(=O)(C[S+](C)c1c(O)c2ccccc2[nH]c1=O)OCC. The van der Waals surface area contributed by atoms with Crippen molar-refractivity contribution in [1.82, 2.24) is 4.98 Å². The molecule has 0 fully saturated rings. The Morgan fingerprint density at radius 3 is 2.43 bits per heavy atom. The minimum Gasteiger partial charge on any atom is -0.503 e. The summed E-state index contributed by atoms with van der Waals surface area (Å²) in [6.45, 7) is 3.99. The van der Waals surface area contributed by atoms with E-state index in [0.29, 0.717) is 10.9 Å². The van der Waals surface area contributed by atoms with Gasteiger partial charge >= 0.3 is 13.2 Å². The summed E-state index contributed by atoms with van der Waals surface area (Å²) in [6.07, 6.45) is 1.75. The number of hydrogen-bond acceptors (Lipinski definition) is 5. The number of hydrogen-bond donors (Lipinski definition) is 2. The van der Waals surface area contributed by atoms with Crippen LogP contribution in [0.1, 0.15) is 13.8 Å². The molecule has 2 aromatic rings. The molecule has 23 heavy (non-hydrogen) atoms. The van der Waals surface area contributed by atoms with Crippen molar-refractivity contribution in [1.29, 1.82) is 0 Å². The fourth-order valence-electron chi connectivity index (χ4n) is 2.34. The summed E-state index contributed by atoms with van der Waals surface area (Å²) in [6, 6.07) is 7.01. The molecule has 0 saturated heterocycles. The van der Waals surface area contributed by atoms with E-state index in [1.807, 2.05) is 0 Å². The highest BCUT2D eigenvalue weighted by Crippen LogP contribution is 2.50. The quantitative estimate of drug-likeness (QED) is 0.587. The summed E-state index contributed by atoms with van der Waals surface area (Å²) < 4.78 is 23.2. The highest BCUT2D eigenvalue weighted by atomic mass is 32.2. The van der Waals surface area contributed by atoms with Crippen LogP contribution in [-0.4, -0.2) is 35.1 Å². The van der Waals surface area contributed by atoms with Crippen LogP contribution >= 0.6 is 7.60 Å². The van der Waals surface area contributed by atoms with Gasteiger partial charge in [-0.05, 0) is 26.0 Å². The Labute approximate surface area is 137 Å². The molecule has 6 nitrogen and oxygen atoms in total. The number of pyridine rings is 1. The van der Waals surface area contributed by atoms with Crippen LogP contribution in [0.3, 0.4) is 0 Å². The Bertz CT molecular complexity index is 781. The first kappa shape index (κ1) is 18.1. The molecular weight excluding hydrogens is 337 g/mol. The number of fused-ring (bicyclic) bond motifs is 1. The summed E-state index contributed by atoms with van der Waals surface area (Å²) >= 11 is 0. The Kier molecular flexibility index (Phi) is 5.92. The van der Waals surface area contributed by atoms with Crippen molar-refractivity contribution in [3.05, 3.63) is 34.6 Å². The van der Waals surface area contributed by atoms with E-state index < -0.39 is 18.5 Å². The van der Waals surface area contributed by atoms with E-state index in [0.717, 1.165) is 0 Å². The Hall–Kier alpha value is -1.27. The van der Waals surface area contributed by atoms with Crippen molar-refractivity contribution in [2.45, 2.75) is 18.7 Å². The van der Waals surface area contributed by atoms with Crippen molar-refractivity contribution in [3.8, 4) is 5.75 Å². The summed E-state index contributed by atoms with van der Waals surface area (Å²) in [5, 5.41) is 11.0. The van der Waals surface area contributed by atoms with E-state index >= 15 is 0 Å². The minimum atomic E-state index is -3.29. The summed E-state index contributed by atoms with van der Waals surface area (Å²) in [5.74, 6) is -0.0743. The summed E-state index contributed by atoms with van der Waals surface area (Å²) in [7, 11) is -4.08. The van der Waals surface area contributed by atoms with Gasteiger partial charge in [0, 0.05) is 16.3 Å². The molecule has 0 spiro atoms. The maximum absolute atomic E-state index is 12.7. The van der Waals surface area contributed by atoms with Crippen molar-refractivity contribution in [3.63, 3.8) is 0 Å². The molecule has 0 aliphatic carbocycles. The third kappa shape index (κ3) is 3.98. The van der Waals surface area contributed by atoms with Crippen molar-refractivity contribution >= 4 is 29.4 Å². The van der Waals surface area contributed by atoms with E-state index in [2.05, 4.69) is 4.98 Å². The standard InChI is InChI=1S/C15H20NO5PS/c1-4-20-22(19,21-5-2)10-23(3)14-13(17)11-8-6-7-9-12(11)16-15(14)18/h6-9H,4-5,10H2,1-3H3,(H-,16,17,18)/p+1. The van der Waals surface area contributed by atoms with Gasteiger partial charge in [0.2, 0.25) is 5.49 Å². The van der Waals surface area contributed by atoms with Crippen LogP contribution < -0.4 is 5.56 Å². The first-order valence-electron chi connectivity index (χ1n) is 7.26. The molecule has 126 valence electrons. The van der Waals surface area contributed by atoms with Crippen molar-refractivity contribution < 1.29 is 18.7 Å². The van der Waals surface area contributed by atoms with Gasteiger partial charge in [0.05, 0.1) is 18.7 Å². The zero-order valence-electron chi connectivity index (χ0n) is 13.4. The van der Waals surface area contributed by atoms with Gasteiger partial charge in [0.15, 0.2) is 5.75 Å². The van der Waals surface area contributed by atoms with Gasteiger partial charge in [-0.1, -0.05) is 12.1 Å². The smallest absolute Gasteiger partial charge is 0.379 e. The Morgan fingerprint density at radius 2 is 1.83 bits per heavy atom. The predicted octanol–water partition coefficient (Wildman–Crippen LogP) is 3.06. The summed E-state index contributed by atoms with van der Waals surface area (Å²) in [4.78, 5) is 15.3. The highest BCUT2D eigenvalue weighted by Gasteiger charge is 2.37. The van der Waals surface area contributed by atoms with E-state index in [9.17, 15) is 14.5 Å². The largest absolute Gasteiger partial charge is 0.503 e. The van der Waals surface area contributed by atoms with Crippen molar-refractivity contribution in [2.75, 3.05) is 25.0 Å². The zero-order chi connectivity index (χ0) is 17.0. The van der Waals surface area contributed by atoms with Crippen LogP contribution in [0.2, 0.25) is 0 Å². The topological polar surface area (TPSA) is 88.6 Å². The van der Waals surface area contributed by atoms with Crippen molar-refractivity contribution in [2.24, 2.45) is 0 Å². The number of aromatic hydroxyl groups is 1. The molecule has 0 aliphatic heterocycles. The summed E-state index contributed by atoms with van der Waals surface area (Å²) in [5.41, 5.74) is 0.240. The first-order valence-corrected chi connectivity index (χ1v) is 10.8. The molecule has 8 heteroatoms. The first-order chi connectivity index (χ1) is 10.9. The monoisotopic (exact) mass is 358 g/mol. The molecule has 1 aromatic carbocycles. The number of nitrogens with one attached hydrogen (secondary N) is 1. The van der Waals surface area contributed by atoms with Gasteiger partial charge < -0.3 is 19.1 Å². The molecule has 0 radical (unpaired) electrons. The Morgan fingerprint density at radius 1 is 1.22 bits per heavy atom. The van der Waals surface area contributed by atoms with Crippen LogP contribution in [0.25, 0.3) is 10.9 Å². The molecule has 1 unspecified atom stereocenters. The van der Waals surface area contributed by atoms with Crippen LogP contribution in [0.15, 0.2) is 34.0 Å². The van der Waals surface area contributed by atoms with Gasteiger partial charge in [-0.2, -0.15) is 0 Å². The third-order valence-corrected chi connectivity index (χ3v) is 8.40. The van der Waals surface area contributed by atoms with Crippen LogP contribution in [0, 0.1) is 0 Å². The molecular formula is C15H21NO5PS+. The number of aromatic nitrogens is 1. The molecule has 0 saturated carbocycles. The van der Waals surface area contributed by atoms with E-state index in [1.165, 1.54) is 0 Å². The second kappa shape index (κ2) is 7.53. The lowest BCUT2D eigenvalue weighted by atomic mass is 10.2. The molecule has 2 rings (SSSR count). The molecule has 0 bridgehead atoms. The van der Waals surface area contributed by atoms with Crippen LogP contribution in [0.4, 0.5) is 0 Å². The maximum Gasteiger partial charge on any atom is 0.379 e. The fourth-order valence-corrected chi connectivity index (χ4v) is 7.02. The highest BCUT2D eigenvalue weighted by molar-refractivity contribution is 8.01. The van der Waals surface area contributed by atoms with Gasteiger partial charge in [-0.15, -0.1) is 0 Å². The van der Waals surface area contributed by atoms with Gasteiger partial charge in [-0.3, -0.25) is 9.36 Å². The van der Waals surface area contributed by atoms with Gasteiger partial charge in [0.1, 0.15) is 6.26 Å². The Balaban J connectivity index is 2.43. The fraction of sp³-hybridized carbons (Fsp3) is 0.400. The second-order valence-electron chi connectivity index (χ2n) is 4.89. The third-order valence-electron chi connectivity index (χ3n) is 3.20. The zero-order valence-corrected chi connectivity index (χ0v) is 15.1. The second-order valence-corrected chi connectivity index (χ2v) is 9.34. The molecule has 1 aromatic heterocycles. The minimum absolute atomic E-state index is 0.0592. The lowest BCUT2D eigenvalue weighted by Crippen LogP contribution is -2.20. The predicted molar refractivity (Wildman–Crippen MR) is 93.5 cm³/mol. The number of aromatic amines is 1. The lowest BCUT2D eigenvalue weighted by Gasteiger charge is -2.16.